The van der Waals surface area contributed by atoms with E-state index in [1.807, 2.05) is 46.8 Å². The van der Waals surface area contributed by atoms with Crippen LogP contribution in [-0.4, -0.2) is 55.7 Å². The average molecular weight is 310 g/mol. The van der Waals surface area contributed by atoms with Crippen LogP contribution < -0.4 is 0 Å². The van der Waals surface area contributed by atoms with Gasteiger partial charge in [-0.3, -0.25) is 9.59 Å². The third-order valence-corrected chi connectivity index (χ3v) is 4.63. The number of ketones is 1. The van der Waals surface area contributed by atoms with E-state index in [-0.39, 0.29) is 28.9 Å². The van der Waals surface area contributed by atoms with E-state index in [0.717, 1.165) is 45.2 Å². The van der Waals surface area contributed by atoms with Gasteiger partial charge in [0.05, 0.1) is 0 Å². The van der Waals surface area contributed by atoms with E-state index in [1.165, 1.54) is 0 Å². The summed E-state index contributed by atoms with van der Waals surface area (Å²) < 4.78 is 0. The number of Topliss-reactive ketones (excluding diaryl/α,β-unsaturated/α-hetero) is 1. The topological polar surface area (TPSA) is 40.6 Å². The van der Waals surface area contributed by atoms with Crippen molar-refractivity contribution in [2.24, 2.45) is 17.3 Å². The molecule has 0 bridgehead atoms. The molecule has 0 heterocycles. The molecule has 4 heteroatoms. The molecule has 128 valence electrons. The Bertz CT molecular complexity index is 385. The van der Waals surface area contributed by atoms with Crippen molar-refractivity contribution in [2.45, 2.75) is 52.9 Å². The molecule has 2 atom stereocenters. The van der Waals surface area contributed by atoms with Crippen LogP contribution in [0.15, 0.2) is 0 Å². The van der Waals surface area contributed by atoms with E-state index in [0.29, 0.717) is 0 Å². The van der Waals surface area contributed by atoms with Gasteiger partial charge >= 0.3 is 0 Å². The van der Waals surface area contributed by atoms with Gasteiger partial charge < -0.3 is 9.80 Å². The summed E-state index contributed by atoms with van der Waals surface area (Å²) >= 11 is 0. The third kappa shape index (κ3) is 5.38. The lowest BCUT2D eigenvalue weighted by Crippen LogP contribution is -2.44. The van der Waals surface area contributed by atoms with Crippen LogP contribution in [0, 0.1) is 17.3 Å². The molecule has 0 aromatic rings. The molecule has 1 saturated carbocycles. The van der Waals surface area contributed by atoms with Crippen molar-refractivity contribution < 1.29 is 9.59 Å². The third-order valence-electron chi connectivity index (χ3n) is 4.63. The molecule has 1 aliphatic rings. The van der Waals surface area contributed by atoms with Crippen LogP contribution in [0.5, 0.6) is 0 Å². The van der Waals surface area contributed by atoms with Crippen molar-refractivity contribution in [1.82, 2.24) is 9.80 Å². The molecule has 0 radical (unpaired) electrons. The highest BCUT2D eigenvalue weighted by Gasteiger charge is 2.40. The molecule has 0 aromatic heterocycles. The number of carbonyl (C=O) groups is 2. The van der Waals surface area contributed by atoms with Crippen molar-refractivity contribution in [3.8, 4) is 0 Å². The first-order valence-corrected chi connectivity index (χ1v) is 8.58. The summed E-state index contributed by atoms with van der Waals surface area (Å²) in [6, 6.07) is 0. The lowest BCUT2D eigenvalue weighted by Gasteiger charge is -2.35. The monoisotopic (exact) mass is 310 g/mol. The smallest absolute Gasteiger partial charge is 0.226 e. The zero-order valence-corrected chi connectivity index (χ0v) is 15.3. The number of carbonyl (C=O) groups excluding carboxylic acids is 2. The molecule has 1 aliphatic carbocycles. The fourth-order valence-electron chi connectivity index (χ4n) is 3.31. The summed E-state index contributed by atoms with van der Waals surface area (Å²) in [5.41, 5.74) is -0.357. The van der Waals surface area contributed by atoms with Crippen molar-refractivity contribution in [3.05, 3.63) is 0 Å². The van der Waals surface area contributed by atoms with E-state index >= 15 is 0 Å². The van der Waals surface area contributed by atoms with E-state index in [4.69, 9.17) is 0 Å². The first-order valence-electron chi connectivity index (χ1n) is 8.58. The fourth-order valence-corrected chi connectivity index (χ4v) is 3.31. The Morgan fingerprint density at radius 1 is 0.955 bits per heavy atom. The highest BCUT2D eigenvalue weighted by molar-refractivity contribution is 5.91. The standard InChI is InChI=1S/C18H34N2O2/c1-18(2,3)16(21)14-10-7-8-11-15(14)17(22)20(6)13-9-12-19(4)5/h14-15H,7-13H2,1-6H3/t14-,15+/m0/s1. The van der Waals surface area contributed by atoms with Crippen LogP contribution in [0.2, 0.25) is 0 Å². The van der Waals surface area contributed by atoms with Gasteiger partial charge in [-0.05, 0) is 39.9 Å². The zero-order chi connectivity index (χ0) is 16.9. The molecule has 22 heavy (non-hydrogen) atoms. The molecule has 0 N–H and O–H groups in total. The summed E-state index contributed by atoms with van der Waals surface area (Å²) in [6.45, 7) is 7.64. The van der Waals surface area contributed by atoms with E-state index in [9.17, 15) is 9.59 Å². The quantitative estimate of drug-likeness (QED) is 0.757. The van der Waals surface area contributed by atoms with Crippen LogP contribution in [0.4, 0.5) is 0 Å². The Morgan fingerprint density at radius 2 is 1.50 bits per heavy atom. The van der Waals surface area contributed by atoms with Gasteiger partial charge in [0.1, 0.15) is 5.78 Å². The van der Waals surface area contributed by atoms with Gasteiger partial charge in [-0.25, -0.2) is 0 Å². The van der Waals surface area contributed by atoms with Crippen molar-refractivity contribution in [1.29, 1.82) is 0 Å². The predicted octanol–water partition coefficient (Wildman–Crippen LogP) is 2.82. The van der Waals surface area contributed by atoms with Crippen molar-refractivity contribution >= 4 is 11.7 Å². The number of nitrogens with zero attached hydrogens (tertiary/aromatic N) is 2. The molecule has 0 aliphatic heterocycles. The van der Waals surface area contributed by atoms with Gasteiger partial charge in [0.2, 0.25) is 5.91 Å². The Kier molecular flexibility index (Phi) is 7.04. The van der Waals surface area contributed by atoms with Gasteiger partial charge in [-0.15, -0.1) is 0 Å². The summed E-state index contributed by atoms with van der Waals surface area (Å²) in [7, 11) is 5.97. The molecule has 0 spiro atoms. The maximum Gasteiger partial charge on any atom is 0.226 e. The van der Waals surface area contributed by atoms with Gasteiger partial charge in [0.25, 0.3) is 0 Å². The van der Waals surface area contributed by atoms with Crippen LogP contribution in [0.3, 0.4) is 0 Å². The van der Waals surface area contributed by atoms with Crippen molar-refractivity contribution in [2.75, 3.05) is 34.2 Å². The van der Waals surface area contributed by atoms with E-state index in [1.54, 1.807) is 0 Å². The SMILES string of the molecule is CN(C)CCCN(C)C(=O)[C@@H]1CCCC[C@@H]1C(=O)C(C)(C)C. The van der Waals surface area contributed by atoms with Crippen LogP contribution in [0.1, 0.15) is 52.9 Å². The second-order valence-electron chi connectivity index (χ2n) is 8.03. The van der Waals surface area contributed by atoms with Gasteiger partial charge in [-0.2, -0.15) is 0 Å². The molecule has 1 amide bonds. The van der Waals surface area contributed by atoms with Gasteiger partial charge in [-0.1, -0.05) is 33.6 Å². The second-order valence-corrected chi connectivity index (χ2v) is 8.03. The van der Waals surface area contributed by atoms with E-state index in [2.05, 4.69) is 4.90 Å². The summed E-state index contributed by atoms with van der Waals surface area (Å²) in [4.78, 5) is 29.4. The highest BCUT2D eigenvalue weighted by Crippen LogP contribution is 2.36. The molecule has 1 rings (SSSR count). The average Bonchev–Trinajstić information content (AvgIpc) is 2.44. The summed E-state index contributed by atoms with van der Waals surface area (Å²) in [5.74, 6) is 0.232. The molecular formula is C18H34N2O2. The van der Waals surface area contributed by atoms with Crippen LogP contribution in [0.25, 0.3) is 0 Å². The Hall–Kier alpha value is -0.900. The lowest BCUT2D eigenvalue weighted by molar-refractivity contribution is -0.144. The number of amides is 1. The summed E-state index contributed by atoms with van der Waals surface area (Å²) in [5, 5.41) is 0. The number of hydrogen-bond acceptors (Lipinski definition) is 3. The first kappa shape index (κ1) is 19.1. The van der Waals surface area contributed by atoms with Gasteiger partial charge in [0.15, 0.2) is 0 Å². The maximum atomic E-state index is 12.8. The molecule has 0 unspecified atom stereocenters. The van der Waals surface area contributed by atoms with E-state index < -0.39 is 0 Å². The predicted molar refractivity (Wildman–Crippen MR) is 90.7 cm³/mol. The normalized spacial score (nSPS) is 22.7. The molecule has 4 nitrogen and oxygen atoms in total. The van der Waals surface area contributed by atoms with Crippen LogP contribution >= 0.6 is 0 Å². The maximum absolute atomic E-state index is 12.8. The molecule has 0 aromatic carbocycles. The fraction of sp³-hybridized carbons (Fsp3) is 0.889. The number of rotatable bonds is 6. The van der Waals surface area contributed by atoms with Crippen LogP contribution in [-0.2, 0) is 9.59 Å². The second kappa shape index (κ2) is 8.09. The molecule has 0 saturated heterocycles. The highest BCUT2D eigenvalue weighted by atomic mass is 16.2. The van der Waals surface area contributed by atoms with Gasteiger partial charge in [0, 0.05) is 30.8 Å². The zero-order valence-electron chi connectivity index (χ0n) is 15.3. The Labute approximate surface area is 136 Å². The Morgan fingerprint density at radius 3 is 2.00 bits per heavy atom. The van der Waals surface area contributed by atoms with Crippen molar-refractivity contribution in [3.63, 3.8) is 0 Å². The summed E-state index contributed by atoms with van der Waals surface area (Å²) in [6.07, 6.45) is 4.84. The molecule has 1 fully saturated rings. The lowest BCUT2D eigenvalue weighted by atomic mass is 9.70. The largest absolute Gasteiger partial charge is 0.345 e. The first-order chi connectivity index (χ1) is 10.1. The minimum absolute atomic E-state index is 0.0856. The minimum Gasteiger partial charge on any atom is -0.345 e. The Balaban J connectivity index is 2.69. The molecular weight excluding hydrogens is 276 g/mol. The minimum atomic E-state index is -0.357. The number of hydrogen-bond donors (Lipinski definition) is 0.